The summed E-state index contributed by atoms with van der Waals surface area (Å²) in [5, 5.41) is 2.37. The van der Waals surface area contributed by atoms with Crippen LogP contribution in [0.4, 0.5) is 34.1 Å². The van der Waals surface area contributed by atoms with Gasteiger partial charge in [0.2, 0.25) is 0 Å². The summed E-state index contributed by atoms with van der Waals surface area (Å²) < 4.78 is 46.4. The minimum atomic E-state index is -0.764. The van der Waals surface area contributed by atoms with Gasteiger partial charge < -0.3 is 14.4 Å². The third kappa shape index (κ3) is 4.76. The van der Waals surface area contributed by atoms with Crippen molar-refractivity contribution in [1.29, 1.82) is 0 Å². The van der Waals surface area contributed by atoms with E-state index in [1.165, 1.54) is 27.4 Å². The Balaban J connectivity index is 1.15. The van der Waals surface area contributed by atoms with Gasteiger partial charge in [-0.2, -0.15) is 0 Å². The molecule has 1 unspecified atom stereocenters. The van der Waals surface area contributed by atoms with Gasteiger partial charge in [0, 0.05) is 51.8 Å². The van der Waals surface area contributed by atoms with Crippen LogP contribution in [0.25, 0.3) is 44.1 Å². The van der Waals surface area contributed by atoms with Crippen LogP contribution in [0.3, 0.4) is 0 Å². The number of para-hydroxylation sites is 4. The van der Waals surface area contributed by atoms with Crippen molar-refractivity contribution in [2.24, 2.45) is 7.05 Å². The first-order chi connectivity index (χ1) is 31.3. The Morgan fingerprint density at radius 3 is 1.56 bits per heavy atom. The molecule has 9 aromatic carbocycles. The van der Waals surface area contributed by atoms with Gasteiger partial charge in [-0.05, 0) is 123 Å². The first-order valence-corrected chi connectivity index (χ1v) is 20.0. The van der Waals surface area contributed by atoms with Gasteiger partial charge in [0.15, 0.2) is 0 Å². The summed E-state index contributed by atoms with van der Waals surface area (Å²) in [6.45, 7) is 0. The van der Waals surface area contributed by atoms with Gasteiger partial charge in [-0.3, -0.25) is 0 Å². The molecule has 2 aliphatic carbocycles. The molecule has 0 fully saturated rings. The average molecular weight is 759 g/mol. The fraction of sp³-hybridized carbons (Fsp3) is 0.0357. The highest BCUT2D eigenvalue weighted by molar-refractivity contribution is 6.15. The fourth-order valence-electron chi connectivity index (χ4n) is 10.1. The molecule has 1 atom stereocenters. The van der Waals surface area contributed by atoms with Crippen molar-refractivity contribution in [3.05, 3.63) is 241 Å². The maximum Gasteiger partial charge on any atom is 0.0727 e. The number of aryl methyl sites for hydroxylation is 1. The van der Waals surface area contributed by atoms with E-state index in [-0.39, 0.29) is 29.9 Å². The molecule has 0 aliphatic heterocycles. The zero-order valence-corrected chi connectivity index (χ0v) is 32.2. The molecule has 0 saturated carbocycles. The molecule has 278 valence electrons. The van der Waals surface area contributed by atoms with Crippen LogP contribution in [-0.2, 0) is 12.5 Å². The zero-order chi connectivity index (χ0) is 43.4. The molecule has 12 rings (SSSR count). The largest absolute Gasteiger partial charge is 0.344 e. The van der Waals surface area contributed by atoms with Crippen molar-refractivity contribution in [2.45, 2.75) is 5.41 Å². The van der Waals surface area contributed by atoms with Crippen LogP contribution in [0.1, 0.15) is 29.1 Å². The fourth-order valence-corrected chi connectivity index (χ4v) is 10.1. The molecule has 3 nitrogen and oxygen atoms in total. The van der Waals surface area contributed by atoms with Crippen molar-refractivity contribution in [2.75, 3.05) is 9.80 Å². The lowest BCUT2D eigenvalue weighted by Crippen LogP contribution is -2.26. The number of benzene rings is 9. The molecule has 0 radical (unpaired) electrons. The molecule has 0 amide bonds. The third-order valence-corrected chi connectivity index (χ3v) is 12.5. The molecule has 0 saturated heterocycles. The van der Waals surface area contributed by atoms with E-state index in [4.69, 9.17) is 6.85 Å². The summed E-state index contributed by atoms with van der Waals surface area (Å²) in [6.07, 6.45) is 0. The van der Waals surface area contributed by atoms with Gasteiger partial charge >= 0.3 is 0 Å². The molecule has 1 heterocycles. The lowest BCUT2D eigenvalue weighted by molar-refractivity contribution is 0.793. The van der Waals surface area contributed by atoms with E-state index >= 15 is 0 Å². The van der Waals surface area contributed by atoms with Crippen molar-refractivity contribution >= 4 is 55.9 Å². The van der Waals surface area contributed by atoms with Gasteiger partial charge in [-0.15, -0.1) is 0 Å². The Morgan fingerprint density at radius 2 is 0.915 bits per heavy atom. The van der Waals surface area contributed by atoms with Gasteiger partial charge in [0.1, 0.15) is 0 Å². The van der Waals surface area contributed by atoms with Crippen molar-refractivity contribution in [3.63, 3.8) is 0 Å². The number of hydrogen-bond donors (Lipinski definition) is 0. The second-order valence-corrected chi connectivity index (χ2v) is 15.4. The maximum atomic E-state index is 9.16. The van der Waals surface area contributed by atoms with E-state index in [2.05, 4.69) is 168 Å². The Hall–Kier alpha value is -7.62. The number of hydrogen-bond acceptors (Lipinski definition) is 2. The topological polar surface area (TPSA) is 11.4 Å². The molecular weight excluding hydrogens is 715 g/mol. The minimum absolute atomic E-state index is 0.0948. The van der Waals surface area contributed by atoms with Crippen LogP contribution < -0.4 is 9.80 Å². The normalized spacial score (nSPS) is 15.8. The van der Waals surface area contributed by atoms with E-state index in [1.54, 1.807) is 0 Å². The molecule has 3 heteroatoms. The summed E-state index contributed by atoms with van der Waals surface area (Å²) in [5.74, 6) is 0. The molecule has 1 spiro atoms. The SMILES string of the molecule is [2H]c1c([2H])c([2H])c(N(c2ccccc2)c2ccc3c(c2)C2(c4ccccc4-3)c3ccccc3-c3ccc(N(c4ccccc4)c4cccc5c4c4ccccc4n5C)cc32)c([2H])c1[2H]. The smallest absolute Gasteiger partial charge is 0.0727 e. The summed E-state index contributed by atoms with van der Waals surface area (Å²) in [5.41, 5.74) is 15.2. The van der Waals surface area contributed by atoms with Crippen LogP contribution in [-0.4, -0.2) is 4.57 Å². The first-order valence-electron chi connectivity index (χ1n) is 22.5. The minimum Gasteiger partial charge on any atom is -0.344 e. The van der Waals surface area contributed by atoms with Crippen LogP contribution >= 0.6 is 0 Å². The molecule has 59 heavy (non-hydrogen) atoms. The molecular formula is C56H39N3. The average Bonchev–Trinajstić information content (AvgIpc) is 3.93. The molecule has 1 aromatic heterocycles. The van der Waals surface area contributed by atoms with Crippen LogP contribution in [0.5, 0.6) is 0 Å². The lowest BCUT2D eigenvalue weighted by atomic mass is 9.70. The first kappa shape index (κ1) is 28.7. The second-order valence-electron chi connectivity index (χ2n) is 15.4. The van der Waals surface area contributed by atoms with Crippen LogP contribution in [0.2, 0.25) is 0 Å². The van der Waals surface area contributed by atoms with E-state index in [1.807, 2.05) is 41.3 Å². The van der Waals surface area contributed by atoms with E-state index in [0.717, 1.165) is 56.0 Å². The molecule has 2 aliphatic rings. The van der Waals surface area contributed by atoms with E-state index < -0.39 is 11.5 Å². The van der Waals surface area contributed by atoms with Crippen LogP contribution in [0.15, 0.2) is 218 Å². The van der Waals surface area contributed by atoms with Crippen molar-refractivity contribution < 1.29 is 6.85 Å². The van der Waals surface area contributed by atoms with Gasteiger partial charge in [-0.1, -0.05) is 139 Å². The highest BCUT2D eigenvalue weighted by Gasteiger charge is 2.52. The number of nitrogens with zero attached hydrogens (tertiary/aromatic N) is 3. The Bertz CT molecular complexity index is 3510. The summed E-state index contributed by atoms with van der Waals surface area (Å²) in [7, 11) is 2.14. The highest BCUT2D eigenvalue weighted by Crippen LogP contribution is 2.64. The van der Waals surface area contributed by atoms with Gasteiger partial charge in [0.05, 0.1) is 23.5 Å². The molecule has 0 N–H and O–H groups in total. The summed E-state index contributed by atoms with van der Waals surface area (Å²) in [6, 6.07) is 64.3. The van der Waals surface area contributed by atoms with Crippen molar-refractivity contribution in [1.82, 2.24) is 4.57 Å². The Kier molecular flexibility index (Phi) is 6.31. The lowest BCUT2D eigenvalue weighted by Gasteiger charge is -2.33. The number of aromatic nitrogens is 1. The van der Waals surface area contributed by atoms with E-state index in [0.29, 0.717) is 11.4 Å². The number of anilines is 6. The summed E-state index contributed by atoms with van der Waals surface area (Å²) >= 11 is 0. The second kappa shape index (κ2) is 13.0. The third-order valence-electron chi connectivity index (χ3n) is 12.5. The predicted octanol–water partition coefficient (Wildman–Crippen LogP) is 14.6. The Labute approximate surface area is 351 Å². The molecule has 10 aromatic rings. The van der Waals surface area contributed by atoms with Gasteiger partial charge in [-0.25, -0.2) is 0 Å². The standard InChI is InChI=1S/C56H39N3/c1-57-52-29-16-13-26-47(52)55-53(57)30-17-31-54(55)59(40-22-9-4-10-23-40)42-33-35-46-44-25-12-15-28-49(44)56(51(46)37-42)48-27-14-11-24-43(48)45-34-32-41(36-50(45)56)58(38-18-5-2-6-19-38)39-20-7-3-8-21-39/h2-37H,1H3/i2D,5D,6D,18D,19D. The zero-order valence-electron chi connectivity index (χ0n) is 37.2. The van der Waals surface area contributed by atoms with Gasteiger partial charge in [0.25, 0.3) is 0 Å². The summed E-state index contributed by atoms with van der Waals surface area (Å²) in [4.78, 5) is 4.21. The van der Waals surface area contributed by atoms with E-state index in [9.17, 15) is 0 Å². The highest BCUT2D eigenvalue weighted by atomic mass is 15.2. The van der Waals surface area contributed by atoms with Crippen LogP contribution in [0, 0.1) is 0 Å². The monoisotopic (exact) mass is 758 g/mol. The number of fused-ring (bicyclic) bond motifs is 13. The van der Waals surface area contributed by atoms with Crippen molar-refractivity contribution in [3.8, 4) is 22.3 Å². The Morgan fingerprint density at radius 1 is 0.407 bits per heavy atom. The molecule has 0 bridgehead atoms. The number of rotatable bonds is 6. The predicted molar refractivity (Wildman–Crippen MR) is 246 cm³/mol. The quantitative estimate of drug-likeness (QED) is 0.167. The maximum absolute atomic E-state index is 9.16.